The van der Waals surface area contributed by atoms with Gasteiger partial charge in [-0.2, -0.15) is 0 Å². The molecule has 0 radical (unpaired) electrons. The van der Waals surface area contributed by atoms with E-state index in [1.165, 1.54) is 5.56 Å². The molecular formula is C16H16N4S. The van der Waals surface area contributed by atoms with Crippen molar-refractivity contribution >= 4 is 28.5 Å². The van der Waals surface area contributed by atoms with Gasteiger partial charge in [-0.15, -0.1) is 11.8 Å². The lowest BCUT2D eigenvalue weighted by Crippen LogP contribution is -2.03. The number of hydrogen-bond donors (Lipinski definition) is 1. The summed E-state index contributed by atoms with van der Waals surface area (Å²) in [7, 11) is 0. The van der Waals surface area contributed by atoms with Crippen LogP contribution >= 0.6 is 11.8 Å². The Bertz CT molecular complexity index is 731. The maximum absolute atomic E-state index is 4.72. The van der Waals surface area contributed by atoms with E-state index in [0.717, 1.165) is 34.0 Å². The van der Waals surface area contributed by atoms with Gasteiger partial charge in [-0.1, -0.05) is 18.2 Å². The Kier molecular flexibility index (Phi) is 4.31. The highest BCUT2D eigenvalue weighted by atomic mass is 32.2. The largest absolute Gasteiger partial charge is 0.370 e. The van der Waals surface area contributed by atoms with Gasteiger partial charge in [0, 0.05) is 29.4 Å². The molecule has 0 bridgehead atoms. The number of nitrogens with zero attached hydrogens (tertiary/aromatic N) is 3. The molecule has 0 unspecified atom stereocenters. The molecule has 0 spiro atoms. The number of hydrogen-bond acceptors (Lipinski definition) is 5. The van der Waals surface area contributed by atoms with Crippen LogP contribution < -0.4 is 5.32 Å². The Hall–Kier alpha value is -2.14. The first kappa shape index (κ1) is 13.8. The Morgan fingerprint density at radius 2 is 2.10 bits per heavy atom. The minimum absolute atomic E-state index is 0.831. The lowest BCUT2D eigenvalue weighted by Gasteiger charge is -2.11. The van der Waals surface area contributed by atoms with Crippen molar-refractivity contribution in [3.8, 4) is 0 Å². The molecule has 21 heavy (non-hydrogen) atoms. The van der Waals surface area contributed by atoms with Gasteiger partial charge in [-0.25, -0.2) is 15.0 Å². The molecular weight excluding hydrogens is 280 g/mol. The summed E-state index contributed by atoms with van der Waals surface area (Å²) in [4.78, 5) is 12.9. The monoisotopic (exact) mass is 296 g/mol. The number of rotatable bonds is 5. The summed E-state index contributed by atoms with van der Waals surface area (Å²) in [5.74, 6) is 1.79. The topological polar surface area (TPSA) is 50.7 Å². The van der Waals surface area contributed by atoms with Crippen LogP contribution in [0.3, 0.4) is 0 Å². The lowest BCUT2D eigenvalue weighted by molar-refractivity contribution is 1.05. The molecule has 0 aliphatic rings. The molecule has 1 N–H and O–H groups in total. The van der Waals surface area contributed by atoms with Crippen LogP contribution in [0.4, 0.5) is 5.82 Å². The summed E-state index contributed by atoms with van der Waals surface area (Å²) >= 11 is 1.69. The number of benzene rings is 1. The highest BCUT2D eigenvalue weighted by Crippen LogP contribution is 2.27. The van der Waals surface area contributed by atoms with Crippen molar-refractivity contribution in [2.45, 2.75) is 17.7 Å². The van der Waals surface area contributed by atoms with Gasteiger partial charge in [0.25, 0.3) is 0 Å². The first-order chi connectivity index (χ1) is 10.4. The third-order valence-electron chi connectivity index (χ3n) is 3.08. The van der Waals surface area contributed by atoms with E-state index in [9.17, 15) is 0 Å². The molecule has 0 fully saturated rings. The fourth-order valence-electron chi connectivity index (χ4n) is 2.11. The Morgan fingerprint density at radius 3 is 2.90 bits per heavy atom. The number of anilines is 1. The SMILES string of the molecule is CCNc1nc2ccccc2cc1CSc1ccncn1. The van der Waals surface area contributed by atoms with Gasteiger partial charge in [0.2, 0.25) is 0 Å². The van der Waals surface area contributed by atoms with Crippen molar-refractivity contribution in [2.75, 3.05) is 11.9 Å². The molecule has 3 aromatic rings. The Labute approximate surface area is 128 Å². The Morgan fingerprint density at radius 1 is 1.19 bits per heavy atom. The van der Waals surface area contributed by atoms with Crippen LogP contribution in [0, 0.1) is 0 Å². The van der Waals surface area contributed by atoms with Crippen molar-refractivity contribution in [3.63, 3.8) is 0 Å². The first-order valence-corrected chi connectivity index (χ1v) is 7.86. The van der Waals surface area contributed by atoms with Crippen LogP contribution in [0.15, 0.2) is 53.9 Å². The summed E-state index contributed by atoms with van der Waals surface area (Å²) in [6, 6.07) is 12.3. The third-order valence-corrected chi connectivity index (χ3v) is 4.07. The summed E-state index contributed by atoms with van der Waals surface area (Å²) in [6.07, 6.45) is 3.34. The second-order valence-electron chi connectivity index (χ2n) is 4.56. The van der Waals surface area contributed by atoms with Gasteiger partial charge in [0.1, 0.15) is 12.1 Å². The minimum Gasteiger partial charge on any atom is -0.370 e. The molecule has 0 aliphatic carbocycles. The zero-order valence-electron chi connectivity index (χ0n) is 11.8. The van der Waals surface area contributed by atoms with Gasteiger partial charge in [0.15, 0.2) is 0 Å². The summed E-state index contributed by atoms with van der Waals surface area (Å²) in [5, 5.41) is 5.48. The normalized spacial score (nSPS) is 10.7. The number of thioether (sulfide) groups is 1. The van der Waals surface area contributed by atoms with Gasteiger partial charge >= 0.3 is 0 Å². The van der Waals surface area contributed by atoms with Crippen LogP contribution in [0.5, 0.6) is 0 Å². The minimum atomic E-state index is 0.831. The molecule has 5 heteroatoms. The second-order valence-corrected chi connectivity index (χ2v) is 5.55. The van der Waals surface area contributed by atoms with Crippen molar-refractivity contribution in [1.29, 1.82) is 0 Å². The predicted octanol–water partition coefficient (Wildman–Crippen LogP) is 3.75. The van der Waals surface area contributed by atoms with Gasteiger partial charge in [0.05, 0.1) is 10.5 Å². The molecule has 2 heterocycles. The van der Waals surface area contributed by atoms with Crippen LogP contribution in [0.2, 0.25) is 0 Å². The van der Waals surface area contributed by atoms with E-state index in [-0.39, 0.29) is 0 Å². The number of para-hydroxylation sites is 1. The number of pyridine rings is 1. The van der Waals surface area contributed by atoms with Crippen molar-refractivity contribution in [3.05, 3.63) is 54.5 Å². The van der Waals surface area contributed by atoms with Gasteiger partial charge < -0.3 is 5.32 Å². The molecule has 0 atom stereocenters. The molecule has 0 amide bonds. The predicted molar refractivity (Wildman–Crippen MR) is 87.5 cm³/mol. The van der Waals surface area contributed by atoms with Crippen molar-refractivity contribution < 1.29 is 0 Å². The summed E-state index contributed by atoms with van der Waals surface area (Å²) < 4.78 is 0. The van der Waals surface area contributed by atoms with Crippen LogP contribution in [0.25, 0.3) is 10.9 Å². The average Bonchev–Trinajstić information content (AvgIpc) is 2.54. The highest BCUT2D eigenvalue weighted by molar-refractivity contribution is 7.98. The molecule has 0 saturated heterocycles. The number of nitrogens with one attached hydrogen (secondary N) is 1. The quantitative estimate of drug-likeness (QED) is 0.574. The number of fused-ring (bicyclic) bond motifs is 1. The van der Waals surface area contributed by atoms with E-state index in [1.807, 2.05) is 24.3 Å². The van der Waals surface area contributed by atoms with Crippen molar-refractivity contribution in [2.24, 2.45) is 0 Å². The molecule has 106 valence electrons. The molecule has 3 rings (SSSR count). The fraction of sp³-hybridized carbons (Fsp3) is 0.188. The molecule has 4 nitrogen and oxygen atoms in total. The standard InChI is InChI=1S/C16H16N4S/c1-2-18-16-13(10-21-15-7-8-17-11-19-15)9-12-5-3-4-6-14(12)20-16/h3-9,11H,2,10H2,1H3,(H,18,20). The first-order valence-electron chi connectivity index (χ1n) is 6.88. The zero-order chi connectivity index (χ0) is 14.5. The van der Waals surface area contributed by atoms with E-state index >= 15 is 0 Å². The van der Waals surface area contributed by atoms with E-state index in [0.29, 0.717) is 0 Å². The van der Waals surface area contributed by atoms with E-state index in [1.54, 1.807) is 24.3 Å². The summed E-state index contributed by atoms with van der Waals surface area (Å²) in [5.41, 5.74) is 2.21. The maximum Gasteiger partial charge on any atom is 0.130 e. The lowest BCUT2D eigenvalue weighted by atomic mass is 10.1. The van der Waals surface area contributed by atoms with E-state index < -0.39 is 0 Å². The average molecular weight is 296 g/mol. The Balaban J connectivity index is 1.90. The van der Waals surface area contributed by atoms with Crippen LogP contribution in [0.1, 0.15) is 12.5 Å². The van der Waals surface area contributed by atoms with Gasteiger partial charge in [-0.3, -0.25) is 0 Å². The van der Waals surface area contributed by atoms with E-state index in [4.69, 9.17) is 4.98 Å². The molecule has 1 aromatic carbocycles. The van der Waals surface area contributed by atoms with Crippen molar-refractivity contribution in [1.82, 2.24) is 15.0 Å². The zero-order valence-corrected chi connectivity index (χ0v) is 12.6. The van der Waals surface area contributed by atoms with Gasteiger partial charge in [-0.05, 0) is 25.1 Å². The highest BCUT2D eigenvalue weighted by Gasteiger charge is 2.07. The third kappa shape index (κ3) is 3.31. The molecule has 2 aromatic heterocycles. The van der Waals surface area contributed by atoms with Crippen LogP contribution in [-0.4, -0.2) is 21.5 Å². The fourth-order valence-corrected chi connectivity index (χ4v) is 2.91. The molecule has 0 saturated carbocycles. The second kappa shape index (κ2) is 6.54. The molecule has 0 aliphatic heterocycles. The summed E-state index contributed by atoms with van der Waals surface area (Å²) in [6.45, 7) is 2.94. The van der Waals surface area contributed by atoms with E-state index in [2.05, 4.69) is 34.3 Å². The maximum atomic E-state index is 4.72. The smallest absolute Gasteiger partial charge is 0.130 e. The van der Waals surface area contributed by atoms with Crippen LogP contribution in [-0.2, 0) is 5.75 Å². The number of aromatic nitrogens is 3.